The summed E-state index contributed by atoms with van der Waals surface area (Å²) < 4.78 is 5.55. The number of nitrogens with zero attached hydrogens (tertiary/aromatic N) is 1. The van der Waals surface area contributed by atoms with Gasteiger partial charge in [0, 0.05) is 5.38 Å². The van der Waals surface area contributed by atoms with Crippen LogP contribution in [-0.4, -0.2) is 4.98 Å². The molecule has 0 atom stereocenters. The van der Waals surface area contributed by atoms with Gasteiger partial charge in [0.25, 0.3) is 0 Å². The van der Waals surface area contributed by atoms with Gasteiger partial charge in [-0.05, 0) is 12.1 Å². The first-order valence-corrected chi connectivity index (χ1v) is 6.93. The zero-order chi connectivity index (χ0) is 12.3. The predicted octanol–water partition coefficient (Wildman–Crippen LogP) is 4.77. The van der Waals surface area contributed by atoms with Crippen molar-refractivity contribution in [3.8, 4) is 5.75 Å². The first-order chi connectivity index (χ1) is 8.20. The summed E-state index contributed by atoms with van der Waals surface area (Å²) in [6, 6.07) is 5.27. The van der Waals surface area contributed by atoms with Crippen molar-refractivity contribution in [1.82, 2.24) is 4.98 Å². The van der Waals surface area contributed by atoms with E-state index in [9.17, 15) is 0 Å². The minimum absolute atomic E-state index is 0.363. The summed E-state index contributed by atoms with van der Waals surface area (Å²) in [5.41, 5.74) is 0.854. The Morgan fingerprint density at radius 1 is 1.29 bits per heavy atom. The van der Waals surface area contributed by atoms with E-state index in [2.05, 4.69) is 4.98 Å². The van der Waals surface area contributed by atoms with Crippen LogP contribution in [0.25, 0.3) is 0 Å². The van der Waals surface area contributed by atoms with Crippen LogP contribution in [0.15, 0.2) is 23.6 Å². The van der Waals surface area contributed by atoms with Crippen LogP contribution in [0.3, 0.4) is 0 Å². The Kier molecular flexibility index (Phi) is 4.51. The molecule has 2 rings (SSSR count). The highest BCUT2D eigenvalue weighted by Crippen LogP contribution is 2.32. The Labute approximate surface area is 118 Å². The molecule has 6 heteroatoms. The third-order valence-corrected chi connectivity index (χ3v) is 3.95. The number of hydrogen-bond donors (Lipinski definition) is 0. The lowest BCUT2D eigenvalue weighted by atomic mass is 10.3. The van der Waals surface area contributed by atoms with Crippen molar-refractivity contribution in [3.05, 3.63) is 44.3 Å². The number of thiazole rings is 1. The fourth-order valence-electron chi connectivity index (χ4n) is 1.21. The first kappa shape index (κ1) is 13.0. The van der Waals surface area contributed by atoms with E-state index in [0.29, 0.717) is 28.3 Å². The summed E-state index contributed by atoms with van der Waals surface area (Å²) in [7, 11) is 0. The molecule has 90 valence electrons. The fraction of sp³-hybridized carbons (Fsp3) is 0.182. The van der Waals surface area contributed by atoms with Gasteiger partial charge in [0.15, 0.2) is 0 Å². The van der Waals surface area contributed by atoms with Crippen LogP contribution in [0.2, 0.25) is 10.0 Å². The molecule has 0 aliphatic carbocycles. The molecule has 1 aromatic carbocycles. The monoisotopic (exact) mass is 307 g/mol. The Bertz CT molecular complexity index is 515. The van der Waals surface area contributed by atoms with Gasteiger partial charge in [-0.1, -0.05) is 29.3 Å². The molecule has 2 nitrogen and oxygen atoms in total. The third kappa shape index (κ3) is 3.26. The third-order valence-electron chi connectivity index (χ3n) is 2.00. The fourth-order valence-corrected chi connectivity index (χ4v) is 2.49. The van der Waals surface area contributed by atoms with Crippen molar-refractivity contribution in [3.63, 3.8) is 0 Å². The normalized spacial score (nSPS) is 10.5. The number of ether oxygens (including phenoxy) is 1. The molecule has 0 N–H and O–H groups in total. The summed E-state index contributed by atoms with van der Waals surface area (Å²) in [5.74, 6) is 0.968. The number of hydrogen-bond acceptors (Lipinski definition) is 3. The number of alkyl halides is 1. The van der Waals surface area contributed by atoms with E-state index >= 15 is 0 Å². The minimum Gasteiger partial charge on any atom is -0.485 e. The van der Waals surface area contributed by atoms with Gasteiger partial charge in [0.2, 0.25) is 0 Å². The first-order valence-electron chi connectivity index (χ1n) is 4.76. The van der Waals surface area contributed by atoms with Crippen LogP contribution in [0.4, 0.5) is 0 Å². The van der Waals surface area contributed by atoms with Crippen LogP contribution in [0, 0.1) is 0 Å². The number of aromatic nitrogens is 1. The Hall–Kier alpha value is -0.480. The van der Waals surface area contributed by atoms with Gasteiger partial charge in [-0.15, -0.1) is 22.9 Å². The molecule has 1 aromatic heterocycles. The summed E-state index contributed by atoms with van der Waals surface area (Å²) in [6.45, 7) is 0.363. The van der Waals surface area contributed by atoms with E-state index < -0.39 is 0 Å². The second kappa shape index (κ2) is 5.91. The molecule has 0 fully saturated rings. The number of rotatable bonds is 4. The van der Waals surface area contributed by atoms with Gasteiger partial charge in [-0.3, -0.25) is 0 Å². The van der Waals surface area contributed by atoms with E-state index in [1.807, 2.05) is 5.38 Å². The van der Waals surface area contributed by atoms with Crippen LogP contribution in [0.1, 0.15) is 10.7 Å². The molecular formula is C11H8Cl3NOS. The zero-order valence-electron chi connectivity index (χ0n) is 8.62. The van der Waals surface area contributed by atoms with Crippen molar-refractivity contribution in [2.24, 2.45) is 0 Å². The maximum Gasteiger partial charge on any atom is 0.140 e. The molecule has 0 unspecified atom stereocenters. The maximum atomic E-state index is 6.00. The molecule has 0 amide bonds. The second-order valence-corrected chi connectivity index (χ2v) is 5.20. The summed E-state index contributed by atoms with van der Waals surface area (Å²) in [6.07, 6.45) is 0. The summed E-state index contributed by atoms with van der Waals surface area (Å²) >= 11 is 19.1. The van der Waals surface area contributed by atoms with Crippen LogP contribution < -0.4 is 4.74 Å². The molecular weight excluding hydrogens is 301 g/mol. The number of benzene rings is 1. The van der Waals surface area contributed by atoms with Crippen molar-refractivity contribution in [2.75, 3.05) is 0 Å². The van der Waals surface area contributed by atoms with Crippen molar-refractivity contribution < 1.29 is 4.74 Å². The van der Waals surface area contributed by atoms with Crippen LogP contribution >= 0.6 is 46.1 Å². The van der Waals surface area contributed by atoms with Gasteiger partial charge >= 0.3 is 0 Å². The SMILES string of the molecule is ClCc1csc(COc2cccc(Cl)c2Cl)n1. The van der Waals surface area contributed by atoms with E-state index in [4.69, 9.17) is 39.5 Å². The Morgan fingerprint density at radius 3 is 2.82 bits per heavy atom. The molecule has 0 spiro atoms. The smallest absolute Gasteiger partial charge is 0.140 e. The highest BCUT2D eigenvalue weighted by molar-refractivity contribution is 7.09. The van der Waals surface area contributed by atoms with Crippen LogP contribution in [-0.2, 0) is 12.5 Å². The molecule has 0 saturated carbocycles. The van der Waals surface area contributed by atoms with E-state index in [-0.39, 0.29) is 0 Å². The molecule has 1 heterocycles. The Balaban J connectivity index is 2.04. The lowest BCUT2D eigenvalue weighted by Gasteiger charge is -2.06. The molecule has 17 heavy (non-hydrogen) atoms. The summed E-state index contributed by atoms with van der Waals surface area (Å²) in [5, 5.41) is 3.66. The molecule has 0 bridgehead atoms. The Morgan fingerprint density at radius 2 is 2.12 bits per heavy atom. The quantitative estimate of drug-likeness (QED) is 0.759. The van der Waals surface area contributed by atoms with Crippen molar-refractivity contribution in [1.29, 1.82) is 0 Å². The lowest BCUT2D eigenvalue weighted by Crippen LogP contribution is -1.95. The molecule has 2 aromatic rings. The highest BCUT2D eigenvalue weighted by atomic mass is 35.5. The van der Waals surface area contributed by atoms with Gasteiger partial charge in [0.1, 0.15) is 22.4 Å². The molecule has 0 radical (unpaired) electrons. The molecule has 0 aliphatic heterocycles. The van der Waals surface area contributed by atoms with Crippen molar-refractivity contribution >= 4 is 46.1 Å². The average Bonchev–Trinajstić information content (AvgIpc) is 2.79. The van der Waals surface area contributed by atoms with E-state index in [0.717, 1.165) is 10.7 Å². The van der Waals surface area contributed by atoms with Gasteiger partial charge in [0.05, 0.1) is 16.6 Å². The zero-order valence-corrected chi connectivity index (χ0v) is 11.7. The maximum absolute atomic E-state index is 6.00. The minimum atomic E-state index is 0.363. The van der Waals surface area contributed by atoms with E-state index in [1.54, 1.807) is 18.2 Å². The summed E-state index contributed by atoms with van der Waals surface area (Å²) in [4.78, 5) is 4.28. The van der Waals surface area contributed by atoms with Gasteiger partial charge in [-0.2, -0.15) is 0 Å². The molecule has 0 aliphatic rings. The topological polar surface area (TPSA) is 22.1 Å². The lowest BCUT2D eigenvalue weighted by molar-refractivity contribution is 0.305. The predicted molar refractivity (Wildman–Crippen MR) is 72.5 cm³/mol. The second-order valence-electron chi connectivity index (χ2n) is 3.21. The number of halogens is 3. The van der Waals surface area contributed by atoms with Gasteiger partial charge < -0.3 is 4.74 Å². The van der Waals surface area contributed by atoms with E-state index in [1.165, 1.54) is 11.3 Å². The van der Waals surface area contributed by atoms with Crippen molar-refractivity contribution in [2.45, 2.75) is 12.5 Å². The van der Waals surface area contributed by atoms with Crippen LogP contribution in [0.5, 0.6) is 5.75 Å². The standard InChI is InChI=1S/C11H8Cl3NOS/c12-4-7-6-17-10(15-7)5-16-9-3-1-2-8(13)11(9)14/h1-3,6H,4-5H2. The average molecular weight is 309 g/mol. The molecule has 0 saturated heterocycles. The largest absolute Gasteiger partial charge is 0.485 e. The van der Waals surface area contributed by atoms with Gasteiger partial charge in [-0.25, -0.2) is 4.98 Å². The highest BCUT2D eigenvalue weighted by Gasteiger charge is 2.07.